The molecule has 2 aromatic rings. The Morgan fingerprint density at radius 1 is 1.35 bits per heavy atom. The average Bonchev–Trinajstić information content (AvgIpc) is 2.81. The Morgan fingerprint density at radius 2 is 2.15 bits per heavy atom. The molecule has 0 atom stereocenters. The van der Waals surface area contributed by atoms with Gasteiger partial charge in [-0.05, 0) is 24.6 Å². The second-order valence-electron chi connectivity index (χ2n) is 4.89. The standard InChI is InChI=1S/C14H18FN3O2/c1-9(2)16-7-11-4-5-14(12(15)6-11)19-8-13-10(3)17-20-18-13/h4-6,9,16H,7-8H2,1-3H3. The SMILES string of the molecule is Cc1nonc1COc1ccc(CNC(C)C)cc1F. The largest absolute Gasteiger partial charge is 0.484 e. The summed E-state index contributed by atoms with van der Waals surface area (Å²) in [7, 11) is 0. The highest BCUT2D eigenvalue weighted by molar-refractivity contribution is 5.29. The van der Waals surface area contributed by atoms with E-state index in [0.29, 0.717) is 24.0 Å². The number of hydrogen-bond donors (Lipinski definition) is 1. The van der Waals surface area contributed by atoms with Crippen LogP contribution in [0.2, 0.25) is 0 Å². The lowest BCUT2D eigenvalue weighted by Crippen LogP contribution is -2.21. The van der Waals surface area contributed by atoms with E-state index in [2.05, 4.69) is 20.3 Å². The van der Waals surface area contributed by atoms with E-state index in [1.54, 1.807) is 13.0 Å². The van der Waals surface area contributed by atoms with Gasteiger partial charge in [0, 0.05) is 12.6 Å². The lowest BCUT2D eigenvalue weighted by atomic mass is 10.2. The summed E-state index contributed by atoms with van der Waals surface area (Å²) in [6, 6.07) is 5.28. The van der Waals surface area contributed by atoms with Crippen LogP contribution in [0.3, 0.4) is 0 Å². The van der Waals surface area contributed by atoms with E-state index in [1.165, 1.54) is 6.07 Å². The maximum absolute atomic E-state index is 13.9. The molecule has 108 valence electrons. The molecule has 0 radical (unpaired) electrons. The molecule has 0 fully saturated rings. The first-order chi connectivity index (χ1) is 9.56. The highest BCUT2D eigenvalue weighted by atomic mass is 19.1. The first-order valence-electron chi connectivity index (χ1n) is 6.49. The van der Waals surface area contributed by atoms with Gasteiger partial charge >= 0.3 is 0 Å². The Balaban J connectivity index is 1.97. The summed E-state index contributed by atoms with van der Waals surface area (Å²) < 4.78 is 23.8. The van der Waals surface area contributed by atoms with E-state index >= 15 is 0 Å². The Bertz CT molecular complexity index is 569. The summed E-state index contributed by atoms with van der Waals surface area (Å²) >= 11 is 0. The van der Waals surface area contributed by atoms with Gasteiger partial charge < -0.3 is 10.1 Å². The molecule has 1 aromatic carbocycles. The monoisotopic (exact) mass is 279 g/mol. The minimum atomic E-state index is -0.387. The van der Waals surface area contributed by atoms with E-state index in [0.717, 1.165) is 5.56 Å². The third kappa shape index (κ3) is 3.77. The third-order valence-electron chi connectivity index (χ3n) is 2.82. The highest BCUT2D eigenvalue weighted by Gasteiger charge is 2.09. The predicted molar refractivity (Wildman–Crippen MR) is 71.7 cm³/mol. The van der Waals surface area contributed by atoms with Crippen molar-refractivity contribution >= 4 is 0 Å². The van der Waals surface area contributed by atoms with Crippen LogP contribution < -0.4 is 10.1 Å². The number of aromatic nitrogens is 2. The van der Waals surface area contributed by atoms with Gasteiger partial charge in [-0.15, -0.1) is 0 Å². The molecular formula is C14H18FN3O2. The second-order valence-corrected chi connectivity index (χ2v) is 4.89. The van der Waals surface area contributed by atoms with E-state index in [-0.39, 0.29) is 18.2 Å². The van der Waals surface area contributed by atoms with E-state index in [1.807, 2.05) is 19.9 Å². The fraction of sp³-hybridized carbons (Fsp3) is 0.429. The maximum Gasteiger partial charge on any atom is 0.165 e. The molecule has 0 saturated carbocycles. The molecule has 1 heterocycles. The van der Waals surface area contributed by atoms with Crippen LogP contribution in [0.25, 0.3) is 0 Å². The Hall–Kier alpha value is -1.95. The number of rotatable bonds is 6. The Labute approximate surface area is 117 Å². The van der Waals surface area contributed by atoms with Gasteiger partial charge in [-0.1, -0.05) is 30.2 Å². The van der Waals surface area contributed by atoms with Crippen LogP contribution in [0.15, 0.2) is 22.8 Å². The summed E-state index contributed by atoms with van der Waals surface area (Å²) in [6.07, 6.45) is 0. The van der Waals surface area contributed by atoms with Crippen molar-refractivity contribution in [2.75, 3.05) is 0 Å². The minimum Gasteiger partial charge on any atom is -0.484 e. The topological polar surface area (TPSA) is 60.2 Å². The Morgan fingerprint density at radius 3 is 2.75 bits per heavy atom. The average molecular weight is 279 g/mol. The van der Waals surface area contributed by atoms with Crippen molar-refractivity contribution in [3.8, 4) is 5.75 Å². The number of nitrogens with zero attached hydrogens (tertiary/aromatic N) is 2. The molecule has 0 saturated heterocycles. The molecule has 5 nitrogen and oxygen atoms in total. The second kappa shape index (κ2) is 6.47. The molecule has 1 N–H and O–H groups in total. The Kier molecular flexibility index (Phi) is 4.68. The van der Waals surface area contributed by atoms with Gasteiger partial charge in [0.15, 0.2) is 11.6 Å². The molecule has 0 bridgehead atoms. The van der Waals surface area contributed by atoms with Crippen molar-refractivity contribution in [3.05, 3.63) is 41.0 Å². The third-order valence-corrected chi connectivity index (χ3v) is 2.82. The quantitative estimate of drug-likeness (QED) is 0.880. The van der Waals surface area contributed by atoms with Crippen LogP contribution in [-0.4, -0.2) is 16.4 Å². The van der Waals surface area contributed by atoms with E-state index in [4.69, 9.17) is 4.74 Å². The van der Waals surface area contributed by atoms with Gasteiger partial charge in [0.2, 0.25) is 0 Å². The fourth-order valence-electron chi connectivity index (χ4n) is 1.62. The molecule has 2 rings (SSSR count). The van der Waals surface area contributed by atoms with Gasteiger partial charge in [-0.25, -0.2) is 9.02 Å². The first kappa shape index (κ1) is 14.5. The van der Waals surface area contributed by atoms with Gasteiger partial charge in [0.1, 0.15) is 18.0 Å². The van der Waals surface area contributed by atoms with Crippen LogP contribution >= 0.6 is 0 Å². The van der Waals surface area contributed by atoms with Crippen molar-refractivity contribution < 1.29 is 13.8 Å². The van der Waals surface area contributed by atoms with Crippen LogP contribution in [0, 0.1) is 12.7 Å². The number of aryl methyl sites for hydroxylation is 1. The lowest BCUT2D eigenvalue weighted by Gasteiger charge is -2.10. The number of ether oxygens (including phenoxy) is 1. The zero-order valence-corrected chi connectivity index (χ0v) is 11.8. The van der Waals surface area contributed by atoms with Gasteiger partial charge in [-0.3, -0.25) is 0 Å². The van der Waals surface area contributed by atoms with Crippen LogP contribution in [-0.2, 0) is 13.2 Å². The summed E-state index contributed by atoms with van der Waals surface area (Å²) in [5.74, 6) is -0.192. The molecule has 20 heavy (non-hydrogen) atoms. The van der Waals surface area contributed by atoms with Gasteiger partial charge in [-0.2, -0.15) is 0 Å². The normalized spacial score (nSPS) is 11.1. The molecule has 0 amide bonds. The van der Waals surface area contributed by atoms with E-state index < -0.39 is 0 Å². The molecule has 1 aromatic heterocycles. The number of benzene rings is 1. The summed E-state index contributed by atoms with van der Waals surface area (Å²) in [5, 5.41) is 10.6. The summed E-state index contributed by atoms with van der Waals surface area (Å²) in [4.78, 5) is 0. The maximum atomic E-state index is 13.9. The van der Waals surface area contributed by atoms with Crippen LogP contribution in [0.1, 0.15) is 30.8 Å². The molecule has 0 aliphatic rings. The molecule has 0 unspecified atom stereocenters. The molecule has 0 aliphatic heterocycles. The smallest absolute Gasteiger partial charge is 0.165 e. The number of nitrogens with one attached hydrogen (secondary N) is 1. The number of halogens is 1. The fourth-order valence-corrected chi connectivity index (χ4v) is 1.62. The van der Waals surface area contributed by atoms with Crippen LogP contribution in [0.5, 0.6) is 5.75 Å². The van der Waals surface area contributed by atoms with Gasteiger partial charge in [0.25, 0.3) is 0 Å². The van der Waals surface area contributed by atoms with Crippen molar-refractivity contribution in [3.63, 3.8) is 0 Å². The van der Waals surface area contributed by atoms with Crippen molar-refractivity contribution in [1.82, 2.24) is 15.6 Å². The predicted octanol–water partition coefficient (Wildman–Crippen LogP) is 2.59. The minimum absolute atomic E-state index is 0.135. The van der Waals surface area contributed by atoms with Crippen molar-refractivity contribution in [1.29, 1.82) is 0 Å². The summed E-state index contributed by atoms with van der Waals surface area (Å²) in [5.41, 5.74) is 2.08. The summed E-state index contributed by atoms with van der Waals surface area (Å²) in [6.45, 7) is 6.60. The highest BCUT2D eigenvalue weighted by Crippen LogP contribution is 2.19. The first-order valence-corrected chi connectivity index (χ1v) is 6.49. The number of hydrogen-bond acceptors (Lipinski definition) is 5. The van der Waals surface area contributed by atoms with Gasteiger partial charge in [0.05, 0.1) is 0 Å². The van der Waals surface area contributed by atoms with E-state index in [9.17, 15) is 4.39 Å². The zero-order chi connectivity index (χ0) is 14.5. The molecule has 0 aliphatic carbocycles. The molecular weight excluding hydrogens is 261 g/mol. The lowest BCUT2D eigenvalue weighted by molar-refractivity contribution is 0.262. The van der Waals surface area contributed by atoms with Crippen molar-refractivity contribution in [2.45, 2.75) is 40.0 Å². The molecule has 0 spiro atoms. The van der Waals surface area contributed by atoms with Crippen molar-refractivity contribution in [2.24, 2.45) is 0 Å². The molecule has 6 heteroatoms. The zero-order valence-electron chi connectivity index (χ0n) is 11.8. The van der Waals surface area contributed by atoms with Crippen LogP contribution in [0.4, 0.5) is 4.39 Å².